The molecule has 3 nitrogen and oxygen atoms in total. The lowest BCUT2D eigenvalue weighted by molar-refractivity contribution is -0.141. The van der Waals surface area contributed by atoms with E-state index < -0.39 is 5.97 Å². The van der Waals surface area contributed by atoms with Crippen LogP contribution < -0.4 is 0 Å². The van der Waals surface area contributed by atoms with Gasteiger partial charge in [0.1, 0.15) is 0 Å². The molecule has 0 saturated heterocycles. The van der Waals surface area contributed by atoms with Crippen LogP contribution in [-0.4, -0.2) is 16.9 Å². The predicted octanol–water partition coefficient (Wildman–Crippen LogP) is 2.99. The molecule has 2 atom stereocenters. The summed E-state index contributed by atoms with van der Waals surface area (Å²) in [6, 6.07) is 5.79. The highest BCUT2D eigenvalue weighted by molar-refractivity contribution is 5.99. The lowest BCUT2D eigenvalue weighted by Crippen LogP contribution is -2.15. The minimum absolute atomic E-state index is 0.108. The number of rotatable bonds is 3. The van der Waals surface area contributed by atoms with Crippen molar-refractivity contribution in [2.45, 2.75) is 33.1 Å². The molecule has 2 unspecified atom stereocenters. The fourth-order valence-corrected chi connectivity index (χ4v) is 2.75. The van der Waals surface area contributed by atoms with Crippen molar-refractivity contribution < 1.29 is 14.7 Å². The molecule has 1 aliphatic rings. The Bertz CT molecular complexity index is 491. The minimum Gasteiger partial charge on any atom is -0.481 e. The molecule has 1 fully saturated rings. The molecule has 0 amide bonds. The number of hydrogen-bond donors (Lipinski definition) is 1. The molecule has 2 rings (SSSR count). The van der Waals surface area contributed by atoms with E-state index in [1.54, 1.807) is 0 Å². The highest BCUT2D eigenvalue weighted by atomic mass is 16.4. The van der Waals surface area contributed by atoms with Crippen LogP contribution in [0.25, 0.3) is 0 Å². The first-order valence-corrected chi connectivity index (χ1v) is 6.33. The van der Waals surface area contributed by atoms with Crippen LogP contribution in [0.2, 0.25) is 0 Å². The average molecular weight is 246 g/mol. The Morgan fingerprint density at radius 1 is 1.17 bits per heavy atom. The molecule has 18 heavy (non-hydrogen) atoms. The predicted molar refractivity (Wildman–Crippen MR) is 68.7 cm³/mol. The Balaban J connectivity index is 2.15. The van der Waals surface area contributed by atoms with Crippen molar-refractivity contribution in [3.8, 4) is 0 Å². The molecule has 1 saturated carbocycles. The molecule has 0 radical (unpaired) electrons. The van der Waals surface area contributed by atoms with Crippen LogP contribution in [0.5, 0.6) is 0 Å². The zero-order valence-electron chi connectivity index (χ0n) is 10.8. The first-order chi connectivity index (χ1) is 8.49. The summed E-state index contributed by atoms with van der Waals surface area (Å²) in [4.78, 5) is 23.3. The molecule has 96 valence electrons. The van der Waals surface area contributed by atoms with Crippen molar-refractivity contribution in [2.24, 2.45) is 11.8 Å². The monoisotopic (exact) mass is 246 g/mol. The van der Waals surface area contributed by atoms with Crippen molar-refractivity contribution in [1.82, 2.24) is 0 Å². The molecule has 0 spiro atoms. The van der Waals surface area contributed by atoms with Gasteiger partial charge in [0.25, 0.3) is 0 Å². The van der Waals surface area contributed by atoms with E-state index in [1.807, 2.05) is 32.0 Å². The zero-order valence-corrected chi connectivity index (χ0v) is 10.8. The van der Waals surface area contributed by atoms with Crippen molar-refractivity contribution in [3.05, 3.63) is 34.9 Å². The molecular weight excluding hydrogens is 228 g/mol. The summed E-state index contributed by atoms with van der Waals surface area (Å²) >= 11 is 0. The van der Waals surface area contributed by atoms with Crippen LogP contribution in [0.4, 0.5) is 0 Å². The molecule has 0 aromatic heterocycles. The van der Waals surface area contributed by atoms with E-state index in [1.165, 1.54) is 0 Å². The molecule has 0 bridgehead atoms. The van der Waals surface area contributed by atoms with Crippen LogP contribution in [0.3, 0.4) is 0 Å². The summed E-state index contributed by atoms with van der Waals surface area (Å²) in [5.41, 5.74) is 2.87. The van der Waals surface area contributed by atoms with Crippen molar-refractivity contribution in [3.63, 3.8) is 0 Å². The number of aryl methyl sites for hydroxylation is 2. The van der Waals surface area contributed by atoms with E-state index in [2.05, 4.69) is 0 Å². The van der Waals surface area contributed by atoms with Gasteiger partial charge in [0.05, 0.1) is 5.92 Å². The van der Waals surface area contributed by atoms with Crippen molar-refractivity contribution in [1.29, 1.82) is 0 Å². The highest BCUT2D eigenvalue weighted by Gasteiger charge is 2.34. The van der Waals surface area contributed by atoms with Gasteiger partial charge in [0.15, 0.2) is 5.78 Å². The van der Waals surface area contributed by atoms with E-state index in [9.17, 15) is 9.59 Å². The van der Waals surface area contributed by atoms with Crippen LogP contribution >= 0.6 is 0 Å². The average Bonchev–Trinajstić information content (AvgIpc) is 2.77. The summed E-state index contributed by atoms with van der Waals surface area (Å²) < 4.78 is 0. The Morgan fingerprint density at radius 2 is 1.83 bits per heavy atom. The maximum Gasteiger partial charge on any atom is 0.306 e. The van der Waals surface area contributed by atoms with Crippen LogP contribution in [0.1, 0.15) is 40.7 Å². The molecule has 1 N–H and O–H groups in total. The third-order valence-electron chi connectivity index (χ3n) is 3.80. The lowest BCUT2D eigenvalue weighted by atomic mass is 9.92. The van der Waals surface area contributed by atoms with Gasteiger partial charge in [-0.1, -0.05) is 23.8 Å². The Hall–Kier alpha value is -1.64. The number of ketones is 1. The topological polar surface area (TPSA) is 54.4 Å². The fraction of sp³-hybridized carbons (Fsp3) is 0.467. The number of carboxylic acids is 1. The summed E-state index contributed by atoms with van der Waals surface area (Å²) in [6.45, 7) is 3.93. The molecule has 1 aromatic carbocycles. The molecule has 1 aliphatic carbocycles. The van der Waals surface area contributed by atoms with Crippen LogP contribution in [0, 0.1) is 25.7 Å². The van der Waals surface area contributed by atoms with E-state index >= 15 is 0 Å². The van der Waals surface area contributed by atoms with E-state index in [4.69, 9.17) is 5.11 Å². The van der Waals surface area contributed by atoms with E-state index in [0.717, 1.165) is 16.7 Å². The second-order valence-corrected chi connectivity index (χ2v) is 5.23. The second kappa shape index (κ2) is 4.92. The molecule has 3 heteroatoms. The maximum atomic E-state index is 12.4. The molecule has 1 aromatic rings. The number of hydrogen-bond acceptors (Lipinski definition) is 2. The van der Waals surface area contributed by atoms with Crippen molar-refractivity contribution in [2.75, 3.05) is 0 Å². The Labute approximate surface area is 107 Å². The summed E-state index contributed by atoms with van der Waals surface area (Å²) in [5, 5.41) is 8.96. The minimum atomic E-state index is -0.772. The Kier molecular flexibility index (Phi) is 3.50. The SMILES string of the molecule is Cc1ccc(C(=O)C2CCC(C(=O)O)C2)c(C)c1. The number of carbonyl (C=O) groups excluding carboxylic acids is 1. The smallest absolute Gasteiger partial charge is 0.306 e. The normalized spacial score (nSPS) is 23.0. The zero-order chi connectivity index (χ0) is 13.3. The second-order valence-electron chi connectivity index (χ2n) is 5.23. The van der Waals surface area contributed by atoms with Crippen LogP contribution in [0.15, 0.2) is 18.2 Å². The first kappa shape index (κ1) is 12.8. The standard InChI is InChI=1S/C15H18O3/c1-9-3-6-13(10(2)7-9)14(16)11-4-5-12(8-11)15(17)18/h3,6-7,11-12H,4-5,8H2,1-2H3,(H,17,18). The fourth-order valence-electron chi connectivity index (χ4n) is 2.75. The molecular formula is C15H18O3. The third-order valence-corrected chi connectivity index (χ3v) is 3.80. The van der Waals surface area contributed by atoms with Gasteiger partial charge in [0.2, 0.25) is 0 Å². The summed E-state index contributed by atoms with van der Waals surface area (Å²) in [5.74, 6) is -1.13. The van der Waals surface area contributed by atoms with Gasteiger partial charge in [0, 0.05) is 11.5 Å². The number of Topliss-reactive ketones (excluding diaryl/α,β-unsaturated/α-hetero) is 1. The van der Waals surface area contributed by atoms with Gasteiger partial charge >= 0.3 is 5.97 Å². The Morgan fingerprint density at radius 3 is 2.39 bits per heavy atom. The van der Waals surface area contributed by atoms with Gasteiger partial charge in [-0.05, 0) is 38.7 Å². The summed E-state index contributed by atoms with van der Waals surface area (Å²) in [7, 11) is 0. The summed E-state index contributed by atoms with van der Waals surface area (Å²) in [6.07, 6.45) is 1.81. The van der Waals surface area contributed by atoms with Gasteiger partial charge < -0.3 is 5.11 Å². The molecule has 0 aliphatic heterocycles. The highest BCUT2D eigenvalue weighted by Crippen LogP contribution is 2.33. The number of aliphatic carboxylic acids is 1. The largest absolute Gasteiger partial charge is 0.481 e. The van der Waals surface area contributed by atoms with Gasteiger partial charge in [-0.3, -0.25) is 9.59 Å². The van der Waals surface area contributed by atoms with Gasteiger partial charge in [-0.25, -0.2) is 0 Å². The van der Waals surface area contributed by atoms with Crippen LogP contribution in [-0.2, 0) is 4.79 Å². The van der Waals surface area contributed by atoms with E-state index in [0.29, 0.717) is 19.3 Å². The molecule has 0 heterocycles. The van der Waals surface area contributed by atoms with Gasteiger partial charge in [-0.15, -0.1) is 0 Å². The lowest BCUT2D eigenvalue weighted by Gasteiger charge is -2.11. The quantitative estimate of drug-likeness (QED) is 0.834. The van der Waals surface area contributed by atoms with Crippen molar-refractivity contribution >= 4 is 11.8 Å². The first-order valence-electron chi connectivity index (χ1n) is 6.33. The third kappa shape index (κ3) is 2.45. The van der Waals surface area contributed by atoms with Gasteiger partial charge in [-0.2, -0.15) is 0 Å². The number of carbonyl (C=O) groups is 2. The van der Waals surface area contributed by atoms with E-state index in [-0.39, 0.29) is 17.6 Å². The number of benzene rings is 1. The number of carboxylic acid groups (broad SMARTS) is 1. The maximum absolute atomic E-state index is 12.4.